The summed E-state index contributed by atoms with van der Waals surface area (Å²) in [6.07, 6.45) is 2.27. The fourth-order valence-electron chi connectivity index (χ4n) is 2.26. The van der Waals surface area contributed by atoms with Crippen LogP contribution in [-0.2, 0) is 16.8 Å². The van der Waals surface area contributed by atoms with E-state index in [1.807, 2.05) is 17.5 Å². The van der Waals surface area contributed by atoms with Crippen molar-refractivity contribution in [3.05, 3.63) is 58.0 Å². The molecule has 2 nitrogen and oxygen atoms in total. The number of rotatable bonds is 4. The zero-order valence-electron chi connectivity index (χ0n) is 10.4. The Hall–Kier alpha value is -1.68. The van der Waals surface area contributed by atoms with Gasteiger partial charge in [-0.2, -0.15) is 0 Å². The number of carbonyl (C=O) groups excluding carboxylic acids is 1. The quantitative estimate of drug-likeness (QED) is 0.912. The highest BCUT2D eigenvalue weighted by molar-refractivity contribution is 7.10. The number of carbonyl (C=O) groups is 1. The molecule has 0 spiro atoms. The first-order chi connectivity index (χ1) is 9.18. The molecule has 1 heterocycles. The lowest BCUT2D eigenvalue weighted by Gasteiger charge is -2.17. The lowest BCUT2D eigenvalue weighted by Crippen LogP contribution is -2.35. The van der Waals surface area contributed by atoms with Crippen molar-refractivity contribution >= 4 is 17.2 Å². The zero-order valence-corrected chi connectivity index (χ0v) is 11.2. The average molecular weight is 275 g/mol. The van der Waals surface area contributed by atoms with Crippen LogP contribution in [0.1, 0.15) is 23.3 Å². The van der Waals surface area contributed by atoms with Gasteiger partial charge in [-0.15, -0.1) is 11.3 Å². The van der Waals surface area contributed by atoms with Gasteiger partial charge in [0.05, 0.1) is 12.0 Å². The molecule has 4 heteroatoms. The number of halogens is 1. The molecule has 3 rings (SSSR count). The van der Waals surface area contributed by atoms with Crippen LogP contribution >= 0.6 is 11.3 Å². The van der Waals surface area contributed by atoms with E-state index in [9.17, 15) is 9.18 Å². The van der Waals surface area contributed by atoms with Crippen molar-refractivity contribution in [3.8, 4) is 0 Å². The second-order valence-corrected chi connectivity index (χ2v) is 5.93. The van der Waals surface area contributed by atoms with E-state index in [1.165, 1.54) is 12.1 Å². The van der Waals surface area contributed by atoms with E-state index >= 15 is 0 Å². The Labute approximate surface area is 115 Å². The van der Waals surface area contributed by atoms with Gasteiger partial charge in [0.15, 0.2) is 0 Å². The third-order valence-corrected chi connectivity index (χ3v) is 4.32. The summed E-state index contributed by atoms with van der Waals surface area (Å²) in [6.45, 7) is 0. The Balaban J connectivity index is 1.68. The molecule has 0 radical (unpaired) electrons. The number of amides is 1. The third-order valence-electron chi connectivity index (χ3n) is 3.44. The van der Waals surface area contributed by atoms with Crippen LogP contribution in [0.25, 0.3) is 0 Å². The molecule has 0 saturated heterocycles. The fraction of sp³-hybridized carbons (Fsp3) is 0.267. The topological polar surface area (TPSA) is 29.1 Å². The highest BCUT2D eigenvalue weighted by Gasteiger charge is 2.45. The molecule has 2 aromatic rings. The average Bonchev–Trinajstić information content (AvgIpc) is 2.98. The normalized spacial score (nSPS) is 16.1. The van der Waals surface area contributed by atoms with Crippen LogP contribution in [0, 0.1) is 5.82 Å². The van der Waals surface area contributed by atoms with Crippen LogP contribution in [0.15, 0.2) is 41.8 Å². The molecule has 1 fully saturated rings. The molecule has 1 amide bonds. The number of hydrogen-bond acceptors (Lipinski definition) is 2. The predicted octanol–water partition coefficient (Wildman–Crippen LogP) is 3.24. The molecule has 1 saturated carbocycles. The Morgan fingerprint density at radius 2 is 2.00 bits per heavy atom. The fourth-order valence-corrected chi connectivity index (χ4v) is 2.97. The van der Waals surface area contributed by atoms with Crippen molar-refractivity contribution in [1.29, 1.82) is 0 Å². The Morgan fingerprint density at radius 1 is 1.26 bits per heavy atom. The van der Waals surface area contributed by atoms with Crippen molar-refractivity contribution in [3.63, 3.8) is 0 Å². The number of hydrogen-bond donors (Lipinski definition) is 1. The van der Waals surface area contributed by atoms with E-state index in [0.717, 1.165) is 23.3 Å². The van der Waals surface area contributed by atoms with Gasteiger partial charge in [-0.25, -0.2) is 4.39 Å². The number of nitrogens with one attached hydrogen (secondary N) is 1. The van der Waals surface area contributed by atoms with Gasteiger partial charge in [0.25, 0.3) is 0 Å². The van der Waals surface area contributed by atoms with Crippen LogP contribution in [0.4, 0.5) is 4.39 Å². The molecule has 1 aliphatic rings. The maximum absolute atomic E-state index is 12.9. The summed E-state index contributed by atoms with van der Waals surface area (Å²) in [6, 6.07) is 10.3. The standard InChI is InChI=1S/C15H14FNOS/c16-12-5-3-11(4-6-12)15(7-8-15)17-14(18)10-13-2-1-9-19-13/h1-6,9H,7-8,10H2,(H,17,18). The Kier molecular flexibility index (Phi) is 3.11. The van der Waals surface area contributed by atoms with E-state index in [2.05, 4.69) is 5.32 Å². The van der Waals surface area contributed by atoms with E-state index in [0.29, 0.717) is 6.42 Å². The maximum atomic E-state index is 12.9. The minimum Gasteiger partial charge on any atom is -0.346 e. The van der Waals surface area contributed by atoms with Crippen molar-refractivity contribution in [1.82, 2.24) is 5.32 Å². The van der Waals surface area contributed by atoms with Crippen molar-refractivity contribution in [2.45, 2.75) is 24.8 Å². The molecule has 0 bridgehead atoms. The number of thiophene rings is 1. The van der Waals surface area contributed by atoms with Gasteiger partial charge in [-0.3, -0.25) is 4.79 Å². The highest BCUT2D eigenvalue weighted by Crippen LogP contribution is 2.45. The van der Waals surface area contributed by atoms with Crippen LogP contribution < -0.4 is 5.32 Å². The van der Waals surface area contributed by atoms with E-state index in [-0.39, 0.29) is 17.3 Å². The molecule has 0 atom stereocenters. The minimum absolute atomic E-state index is 0.0317. The molecule has 1 N–H and O–H groups in total. The SMILES string of the molecule is O=C(Cc1cccs1)NC1(c2ccc(F)cc2)CC1. The summed E-state index contributed by atoms with van der Waals surface area (Å²) < 4.78 is 12.9. The van der Waals surface area contributed by atoms with Crippen LogP contribution in [0.2, 0.25) is 0 Å². The molecule has 1 aromatic heterocycles. The van der Waals surface area contributed by atoms with Crippen molar-refractivity contribution in [2.75, 3.05) is 0 Å². The van der Waals surface area contributed by atoms with Crippen molar-refractivity contribution in [2.24, 2.45) is 0 Å². The molecular weight excluding hydrogens is 261 g/mol. The second-order valence-electron chi connectivity index (χ2n) is 4.89. The molecule has 1 aromatic carbocycles. The summed E-state index contributed by atoms with van der Waals surface area (Å²) in [5, 5.41) is 5.05. The molecule has 98 valence electrons. The highest BCUT2D eigenvalue weighted by atomic mass is 32.1. The van der Waals surface area contributed by atoms with Crippen LogP contribution in [0.3, 0.4) is 0 Å². The Bertz CT molecular complexity index is 573. The van der Waals surface area contributed by atoms with Gasteiger partial charge in [0.2, 0.25) is 5.91 Å². The largest absolute Gasteiger partial charge is 0.346 e. The summed E-state index contributed by atoms with van der Waals surface area (Å²) in [5.41, 5.74) is 0.732. The van der Waals surface area contributed by atoms with Gasteiger partial charge >= 0.3 is 0 Å². The molecular formula is C15H14FNOS. The summed E-state index contributed by atoms with van der Waals surface area (Å²) in [7, 11) is 0. The molecule has 19 heavy (non-hydrogen) atoms. The first kappa shape index (κ1) is 12.4. The zero-order chi connectivity index (χ0) is 13.3. The third kappa shape index (κ3) is 2.68. The first-order valence-corrected chi connectivity index (χ1v) is 7.15. The second kappa shape index (κ2) is 4.78. The molecule has 0 aliphatic heterocycles. The van der Waals surface area contributed by atoms with Crippen molar-refractivity contribution < 1.29 is 9.18 Å². The summed E-state index contributed by atoms with van der Waals surface area (Å²) in [5.74, 6) is -0.214. The smallest absolute Gasteiger partial charge is 0.225 e. The molecule has 0 unspecified atom stereocenters. The maximum Gasteiger partial charge on any atom is 0.225 e. The van der Waals surface area contributed by atoms with Gasteiger partial charge in [-0.05, 0) is 42.0 Å². The number of benzene rings is 1. The first-order valence-electron chi connectivity index (χ1n) is 6.27. The lowest BCUT2D eigenvalue weighted by molar-refractivity contribution is -0.121. The van der Waals surface area contributed by atoms with Gasteiger partial charge in [-0.1, -0.05) is 18.2 Å². The lowest BCUT2D eigenvalue weighted by atomic mass is 10.0. The Morgan fingerprint density at radius 3 is 2.58 bits per heavy atom. The summed E-state index contributed by atoms with van der Waals surface area (Å²) in [4.78, 5) is 13.1. The van der Waals surface area contributed by atoms with Gasteiger partial charge in [0, 0.05) is 4.88 Å². The monoisotopic (exact) mass is 275 g/mol. The van der Waals surface area contributed by atoms with Gasteiger partial charge in [0.1, 0.15) is 5.82 Å². The van der Waals surface area contributed by atoms with E-state index in [1.54, 1.807) is 23.5 Å². The predicted molar refractivity (Wildman–Crippen MR) is 73.5 cm³/mol. The molecule has 1 aliphatic carbocycles. The van der Waals surface area contributed by atoms with Crippen LogP contribution in [-0.4, -0.2) is 5.91 Å². The van der Waals surface area contributed by atoms with Gasteiger partial charge < -0.3 is 5.32 Å². The summed E-state index contributed by atoms with van der Waals surface area (Å²) >= 11 is 1.59. The van der Waals surface area contributed by atoms with Crippen LogP contribution in [0.5, 0.6) is 0 Å². The minimum atomic E-state index is -0.262. The van der Waals surface area contributed by atoms with E-state index < -0.39 is 0 Å². The van der Waals surface area contributed by atoms with E-state index in [4.69, 9.17) is 0 Å².